The Labute approximate surface area is 151 Å². The van der Waals surface area contributed by atoms with E-state index in [1.54, 1.807) is 73.3 Å². The van der Waals surface area contributed by atoms with E-state index in [4.69, 9.17) is 0 Å². The maximum atomic E-state index is 13.4. The van der Waals surface area contributed by atoms with E-state index in [1.807, 2.05) is 6.07 Å². The predicted molar refractivity (Wildman–Crippen MR) is 101 cm³/mol. The molecule has 132 valence electrons. The summed E-state index contributed by atoms with van der Waals surface area (Å²) in [5, 5.41) is -0.0718. The van der Waals surface area contributed by atoms with Crippen LogP contribution in [-0.2, 0) is 9.84 Å². The van der Waals surface area contributed by atoms with Gasteiger partial charge in [-0.05, 0) is 35.9 Å². The number of benzene rings is 1. The highest BCUT2D eigenvalue weighted by Crippen LogP contribution is 2.37. The highest BCUT2D eigenvalue weighted by molar-refractivity contribution is 7.92. The first-order valence-electron chi connectivity index (χ1n) is 7.79. The first kappa shape index (κ1) is 17.8. The molecule has 0 aliphatic heterocycles. The maximum Gasteiger partial charge on any atom is 0.189 e. The zero-order valence-corrected chi connectivity index (χ0v) is 14.7. The van der Waals surface area contributed by atoms with Crippen LogP contribution in [0.25, 0.3) is 11.0 Å². The van der Waals surface area contributed by atoms with Crippen molar-refractivity contribution in [3.63, 3.8) is 0 Å². The lowest BCUT2D eigenvalue weighted by Crippen LogP contribution is -2.15. The molecular weight excluding hydrogens is 348 g/mol. The summed E-state index contributed by atoms with van der Waals surface area (Å²) in [7, 11) is -3.66. The minimum absolute atomic E-state index is 0. The molecule has 4 rings (SSSR count). The van der Waals surface area contributed by atoms with Crippen molar-refractivity contribution in [3.05, 3.63) is 90.5 Å². The Kier molecular flexibility index (Phi) is 4.83. The molecule has 6 nitrogen and oxygen atoms in total. The van der Waals surface area contributed by atoms with Crippen molar-refractivity contribution in [3.8, 4) is 0 Å². The fourth-order valence-corrected chi connectivity index (χ4v) is 4.83. The van der Waals surface area contributed by atoms with E-state index in [0.717, 1.165) is 5.39 Å². The van der Waals surface area contributed by atoms with Crippen LogP contribution in [0.1, 0.15) is 16.4 Å². The van der Waals surface area contributed by atoms with Gasteiger partial charge in [0.05, 0.1) is 4.90 Å². The predicted octanol–water partition coefficient (Wildman–Crippen LogP) is 3.68. The molecule has 0 amide bonds. The van der Waals surface area contributed by atoms with Crippen molar-refractivity contribution in [2.75, 3.05) is 0 Å². The van der Waals surface area contributed by atoms with Crippen LogP contribution in [0.2, 0.25) is 0 Å². The molecule has 0 bridgehead atoms. The molecule has 4 aromatic rings. The van der Waals surface area contributed by atoms with Gasteiger partial charge in [0.2, 0.25) is 0 Å². The second-order valence-electron chi connectivity index (χ2n) is 5.67. The van der Waals surface area contributed by atoms with Gasteiger partial charge in [-0.15, -0.1) is 0 Å². The van der Waals surface area contributed by atoms with Crippen LogP contribution in [0.5, 0.6) is 0 Å². The van der Waals surface area contributed by atoms with Crippen LogP contribution in [-0.4, -0.2) is 23.4 Å². The Morgan fingerprint density at radius 2 is 1.69 bits per heavy atom. The summed E-state index contributed by atoms with van der Waals surface area (Å²) in [6.07, 6.45) is 6.62. The van der Waals surface area contributed by atoms with Gasteiger partial charge < -0.3 is 11.1 Å². The molecule has 26 heavy (non-hydrogen) atoms. The number of rotatable bonds is 4. The second-order valence-corrected chi connectivity index (χ2v) is 7.70. The minimum Gasteiger partial charge on any atom is -0.346 e. The normalized spacial score (nSPS) is 12.5. The topological polar surface area (TPSA) is 111 Å². The van der Waals surface area contributed by atoms with E-state index in [2.05, 4.69) is 15.0 Å². The highest BCUT2D eigenvalue weighted by Gasteiger charge is 2.32. The van der Waals surface area contributed by atoms with Crippen molar-refractivity contribution in [1.82, 2.24) is 21.1 Å². The van der Waals surface area contributed by atoms with Crippen LogP contribution in [0.3, 0.4) is 0 Å². The third-order valence-corrected chi connectivity index (χ3v) is 6.21. The molecule has 0 aliphatic carbocycles. The average Bonchev–Trinajstić information content (AvgIpc) is 3.07. The van der Waals surface area contributed by atoms with Crippen molar-refractivity contribution < 1.29 is 8.42 Å². The molecule has 0 saturated carbocycles. The summed E-state index contributed by atoms with van der Waals surface area (Å²) in [4.78, 5) is 11.7. The van der Waals surface area contributed by atoms with Crippen molar-refractivity contribution in [2.24, 2.45) is 0 Å². The van der Waals surface area contributed by atoms with Crippen LogP contribution in [0.4, 0.5) is 0 Å². The summed E-state index contributed by atoms with van der Waals surface area (Å²) >= 11 is 0. The monoisotopic (exact) mass is 366 g/mol. The molecule has 0 fully saturated rings. The third kappa shape index (κ3) is 2.98. The number of pyridine rings is 2. The number of hydrogen-bond acceptors (Lipinski definition) is 5. The van der Waals surface area contributed by atoms with E-state index in [1.165, 1.54) is 0 Å². The van der Waals surface area contributed by atoms with Crippen LogP contribution >= 0.6 is 0 Å². The molecule has 1 atom stereocenters. The van der Waals surface area contributed by atoms with Gasteiger partial charge in [-0.1, -0.05) is 24.3 Å². The van der Waals surface area contributed by atoms with Crippen LogP contribution < -0.4 is 6.15 Å². The van der Waals surface area contributed by atoms with Gasteiger partial charge in [-0.2, -0.15) is 0 Å². The standard InChI is InChI=1S/C19H15N3O2S.H3N/c23-25(24,15-7-2-1-3-8-15)18(14-6-4-10-20-12-14)17-13-22-19-16(17)9-5-11-21-19;/h1-13,18H,(H,21,22);1H3. The number of H-pyrrole nitrogens is 1. The molecule has 3 aromatic heterocycles. The summed E-state index contributed by atoms with van der Waals surface area (Å²) < 4.78 is 26.8. The molecule has 1 aromatic carbocycles. The molecule has 0 saturated heterocycles. The van der Waals surface area contributed by atoms with Gasteiger partial charge in [-0.25, -0.2) is 13.4 Å². The van der Waals surface area contributed by atoms with Gasteiger partial charge in [0, 0.05) is 35.7 Å². The van der Waals surface area contributed by atoms with Gasteiger partial charge in [0.25, 0.3) is 0 Å². The molecule has 4 N–H and O–H groups in total. The number of aromatic amines is 1. The number of hydrogen-bond donors (Lipinski definition) is 2. The third-order valence-electron chi connectivity index (χ3n) is 4.13. The molecular formula is C19H18N4O2S. The Balaban J connectivity index is 0.00000196. The van der Waals surface area contributed by atoms with E-state index >= 15 is 0 Å². The minimum atomic E-state index is -3.66. The fraction of sp³-hybridized carbons (Fsp3) is 0.0526. The Morgan fingerprint density at radius 3 is 2.42 bits per heavy atom. The van der Waals surface area contributed by atoms with Gasteiger partial charge in [-0.3, -0.25) is 4.98 Å². The lowest BCUT2D eigenvalue weighted by atomic mass is 10.1. The average molecular weight is 366 g/mol. The molecule has 3 heterocycles. The summed E-state index contributed by atoms with van der Waals surface area (Å²) in [5.41, 5.74) is 1.95. The Bertz CT molecular complexity index is 1110. The molecule has 1 unspecified atom stereocenters. The number of nitrogens with one attached hydrogen (secondary N) is 1. The molecule has 7 heteroatoms. The summed E-state index contributed by atoms with van der Waals surface area (Å²) in [6, 6.07) is 15.7. The van der Waals surface area contributed by atoms with Crippen molar-refractivity contribution in [2.45, 2.75) is 10.1 Å². The van der Waals surface area contributed by atoms with Gasteiger partial charge >= 0.3 is 0 Å². The first-order chi connectivity index (χ1) is 12.2. The summed E-state index contributed by atoms with van der Waals surface area (Å²) in [5.74, 6) is 0. The van der Waals surface area contributed by atoms with Gasteiger partial charge in [0.1, 0.15) is 10.9 Å². The van der Waals surface area contributed by atoms with E-state index in [0.29, 0.717) is 16.8 Å². The lowest BCUT2D eigenvalue weighted by Gasteiger charge is -2.17. The van der Waals surface area contributed by atoms with Gasteiger partial charge in [0.15, 0.2) is 9.84 Å². The van der Waals surface area contributed by atoms with Crippen molar-refractivity contribution in [1.29, 1.82) is 0 Å². The fourth-order valence-electron chi connectivity index (χ4n) is 3.00. The quantitative estimate of drug-likeness (QED) is 0.572. The van der Waals surface area contributed by atoms with E-state index < -0.39 is 15.1 Å². The zero-order valence-electron chi connectivity index (χ0n) is 13.9. The lowest BCUT2D eigenvalue weighted by molar-refractivity contribution is 0.589. The number of aromatic nitrogens is 3. The number of nitrogens with zero attached hydrogens (tertiary/aromatic N) is 2. The maximum absolute atomic E-state index is 13.4. The largest absolute Gasteiger partial charge is 0.346 e. The van der Waals surface area contributed by atoms with E-state index in [-0.39, 0.29) is 11.0 Å². The van der Waals surface area contributed by atoms with Crippen LogP contribution in [0, 0.1) is 0 Å². The highest BCUT2D eigenvalue weighted by atomic mass is 32.2. The van der Waals surface area contributed by atoms with E-state index in [9.17, 15) is 8.42 Å². The smallest absolute Gasteiger partial charge is 0.189 e. The summed E-state index contributed by atoms with van der Waals surface area (Å²) in [6.45, 7) is 0. The zero-order chi connectivity index (χ0) is 17.3. The molecule has 0 aliphatic rings. The number of sulfone groups is 1. The molecule has 0 radical (unpaired) electrons. The Morgan fingerprint density at radius 1 is 0.923 bits per heavy atom. The number of fused-ring (bicyclic) bond motifs is 1. The van der Waals surface area contributed by atoms with Crippen molar-refractivity contribution >= 4 is 20.9 Å². The van der Waals surface area contributed by atoms with Crippen LogP contribution in [0.15, 0.2) is 84.3 Å². The SMILES string of the molecule is N.O=S(=O)(c1ccccc1)C(c1cccnc1)c1c[nH]c2ncccc12. The Hall–Kier alpha value is -3.03. The second kappa shape index (κ2) is 7.07. The first-order valence-corrected chi connectivity index (χ1v) is 9.33. The molecule has 0 spiro atoms.